The molecule has 1 fully saturated rings. The maximum absolute atomic E-state index is 14.2. The number of aryl methyl sites for hydroxylation is 1. The summed E-state index contributed by atoms with van der Waals surface area (Å²) in [5.41, 5.74) is 6.39. The summed E-state index contributed by atoms with van der Waals surface area (Å²) in [6.45, 7) is 2.71. The molecule has 1 amide bonds. The van der Waals surface area contributed by atoms with Gasteiger partial charge in [-0.2, -0.15) is 0 Å². The van der Waals surface area contributed by atoms with Crippen molar-refractivity contribution in [1.82, 2.24) is 10.1 Å². The van der Waals surface area contributed by atoms with E-state index in [0.717, 1.165) is 12.8 Å². The van der Waals surface area contributed by atoms with Gasteiger partial charge in [0.05, 0.1) is 10.6 Å². The Morgan fingerprint density at radius 3 is 3.00 bits per heavy atom. The molecule has 0 bridgehead atoms. The number of carbonyl (C=O) groups excluding carboxylic acids is 1. The van der Waals surface area contributed by atoms with E-state index in [-0.39, 0.29) is 33.8 Å². The van der Waals surface area contributed by atoms with Gasteiger partial charge in [-0.15, -0.1) is 0 Å². The van der Waals surface area contributed by atoms with Gasteiger partial charge < -0.3 is 15.2 Å². The smallest absolute Gasteiger partial charge is 0.259 e. The molecule has 1 aliphatic rings. The first kappa shape index (κ1) is 16.0. The molecule has 1 atom stereocenters. The number of aromatic nitrogens is 1. The van der Waals surface area contributed by atoms with Crippen LogP contribution in [0.15, 0.2) is 22.7 Å². The topological polar surface area (TPSA) is 72.4 Å². The van der Waals surface area contributed by atoms with E-state index in [0.29, 0.717) is 18.8 Å². The van der Waals surface area contributed by atoms with E-state index in [1.807, 2.05) is 0 Å². The lowest BCUT2D eigenvalue weighted by Crippen LogP contribution is -2.45. The SMILES string of the molecule is Cc1onc(-c2c(F)cccc2Cl)c1C(=O)N1CCCC(N)C1. The predicted octanol–water partition coefficient (Wildman–Crippen LogP) is 3.01. The molecule has 0 spiro atoms. The molecule has 1 unspecified atom stereocenters. The van der Waals surface area contributed by atoms with Crippen LogP contribution in [0, 0.1) is 12.7 Å². The first-order valence-electron chi connectivity index (χ1n) is 7.44. The van der Waals surface area contributed by atoms with Crippen molar-refractivity contribution in [3.8, 4) is 11.3 Å². The standard InChI is InChI=1S/C16H17ClFN3O2/c1-9-13(16(22)21-7-3-4-10(19)8-21)15(20-23-9)14-11(17)5-2-6-12(14)18/h2,5-6,10H,3-4,7-8,19H2,1H3. The first-order chi connectivity index (χ1) is 11.0. The second-order valence-corrected chi connectivity index (χ2v) is 6.12. The molecule has 122 valence electrons. The molecule has 7 heteroatoms. The number of hydrogen-bond donors (Lipinski definition) is 1. The average molecular weight is 338 g/mol. The monoisotopic (exact) mass is 337 g/mol. The molecule has 0 radical (unpaired) electrons. The van der Waals surface area contributed by atoms with E-state index in [2.05, 4.69) is 5.16 Å². The van der Waals surface area contributed by atoms with E-state index in [1.54, 1.807) is 17.9 Å². The highest BCUT2D eigenvalue weighted by molar-refractivity contribution is 6.33. The van der Waals surface area contributed by atoms with Gasteiger partial charge in [0.25, 0.3) is 5.91 Å². The third-order valence-electron chi connectivity index (χ3n) is 4.02. The number of carbonyl (C=O) groups is 1. The Hall–Kier alpha value is -1.92. The van der Waals surface area contributed by atoms with Crippen molar-refractivity contribution < 1.29 is 13.7 Å². The molecular weight excluding hydrogens is 321 g/mol. The van der Waals surface area contributed by atoms with Crippen LogP contribution in [0.2, 0.25) is 5.02 Å². The van der Waals surface area contributed by atoms with Crippen molar-refractivity contribution in [2.75, 3.05) is 13.1 Å². The highest BCUT2D eigenvalue weighted by atomic mass is 35.5. The van der Waals surface area contributed by atoms with Gasteiger partial charge in [0.2, 0.25) is 0 Å². The third-order valence-corrected chi connectivity index (χ3v) is 4.34. The van der Waals surface area contributed by atoms with Crippen LogP contribution >= 0.6 is 11.6 Å². The lowest BCUT2D eigenvalue weighted by molar-refractivity contribution is 0.0707. The van der Waals surface area contributed by atoms with Crippen molar-refractivity contribution in [3.05, 3.63) is 40.4 Å². The van der Waals surface area contributed by atoms with Crippen molar-refractivity contribution in [1.29, 1.82) is 0 Å². The summed E-state index contributed by atoms with van der Waals surface area (Å²) < 4.78 is 19.3. The first-order valence-corrected chi connectivity index (χ1v) is 7.82. The summed E-state index contributed by atoms with van der Waals surface area (Å²) in [5.74, 6) is -0.466. The zero-order valence-corrected chi connectivity index (χ0v) is 13.4. The molecule has 1 saturated heterocycles. The van der Waals surface area contributed by atoms with Gasteiger partial charge in [-0.3, -0.25) is 4.79 Å². The van der Waals surface area contributed by atoms with Gasteiger partial charge in [0, 0.05) is 19.1 Å². The summed E-state index contributed by atoms with van der Waals surface area (Å²) in [6, 6.07) is 4.28. The summed E-state index contributed by atoms with van der Waals surface area (Å²) in [6.07, 6.45) is 1.73. The fraction of sp³-hybridized carbons (Fsp3) is 0.375. The quantitative estimate of drug-likeness (QED) is 0.914. The van der Waals surface area contributed by atoms with Gasteiger partial charge in [0.1, 0.15) is 22.8 Å². The zero-order chi connectivity index (χ0) is 16.6. The van der Waals surface area contributed by atoms with Crippen LogP contribution in [0.1, 0.15) is 29.0 Å². The van der Waals surface area contributed by atoms with Gasteiger partial charge >= 0.3 is 0 Å². The molecule has 1 aliphatic heterocycles. The highest BCUT2D eigenvalue weighted by Crippen LogP contribution is 2.34. The zero-order valence-electron chi connectivity index (χ0n) is 12.7. The average Bonchev–Trinajstić information content (AvgIpc) is 2.88. The van der Waals surface area contributed by atoms with Gasteiger partial charge in [0.15, 0.2) is 0 Å². The third kappa shape index (κ3) is 2.96. The Labute approximate surface area is 138 Å². The molecule has 5 nitrogen and oxygen atoms in total. The summed E-state index contributed by atoms with van der Waals surface area (Å²) in [5, 5.41) is 4.05. The fourth-order valence-corrected chi connectivity index (χ4v) is 3.12. The van der Waals surface area contributed by atoms with Crippen molar-refractivity contribution in [2.45, 2.75) is 25.8 Å². The Morgan fingerprint density at radius 2 is 2.30 bits per heavy atom. The van der Waals surface area contributed by atoms with Crippen LogP contribution in [0.25, 0.3) is 11.3 Å². The molecular formula is C16H17ClFN3O2. The molecule has 1 aromatic heterocycles. The number of rotatable bonds is 2. The van der Waals surface area contributed by atoms with Crippen molar-refractivity contribution >= 4 is 17.5 Å². The number of benzene rings is 1. The summed E-state index contributed by atoms with van der Waals surface area (Å²) in [4.78, 5) is 14.5. The number of halogens is 2. The number of nitrogens with two attached hydrogens (primary N) is 1. The van der Waals surface area contributed by atoms with E-state index in [9.17, 15) is 9.18 Å². The van der Waals surface area contributed by atoms with Crippen LogP contribution in [0.5, 0.6) is 0 Å². The summed E-state index contributed by atoms with van der Waals surface area (Å²) >= 11 is 6.09. The van der Waals surface area contributed by atoms with Gasteiger partial charge in [-0.1, -0.05) is 22.8 Å². The summed E-state index contributed by atoms with van der Waals surface area (Å²) in [7, 11) is 0. The second-order valence-electron chi connectivity index (χ2n) is 5.71. The predicted molar refractivity (Wildman–Crippen MR) is 84.8 cm³/mol. The minimum absolute atomic E-state index is 0.0478. The van der Waals surface area contributed by atoms with Crippen LogP contribution in [0.4, 0.5) is 4.39 Å². The number of nitrogens with zero attached hydrogens (tertiary/aromatic N) is 2. The molecule has 1 aromatic carbocycles. The van der Waals surface area contributed by atoms with Crippen molar-refractivity contribution in [2.24, 2.45) is 5.73 Å². The van der Waals surface area contributed by atoms with Crippen LogP contribution in [-0.2, 0) is 0 Å². The minimum atomic E-state index is -0.546. The lowest BCUT2D eigenvalue weighted by Gasteiger charge is -2.30. The minimum Gasteiger partial charge on any atom is -0.360 e. The maximum atomic E-state index is 14.2. The van der Waals surface area contributed by atoms with Crippen LogP contribution in [0.3, 0.4) is 0 Å². The Kier molecular flexibility index (Phi) is 4.37. The van der Waals surface area contributed by atoms with E-state index in [4.69, 9.17) is 21.9 Å². The normalized spacial score (nSPS) is 18.3. The molecule has 0 aliphatic carbocycles. The maximum Gasteiger partial charge on any atom is 0.259 e. The van der Waals surface area contributed by atoms with Crippen molar-refractivity contribution in [3.63, 3.8) is 0 Å². The van der Waals surface area contributed by atoms with Crippen LogP contribution < -0.4 is 5.73 Å². The van der Waals surface area contributed by atoms with E-state index >= 15 is 0 Å². The van der Waals surface area contributed by atoms with Gasteiger partial charge in [-0.25, -0.2) is 4.39 Å². The molecule has 2 aromatic rings. The van der Waals surface area contributed by atoms with Crippen LogP contribution in [-0.4, -0.2) is 35.1 Å². The molecule has 2 heterocycles. The highest BCUT2D eigenvalue weighted by Gasteiger charge is 2.30. The van der Waals surface area contributed by atoms with E-state index in [1.165, 1.54) is 12.1 Å². The Bertz CT molecular complexity index is 727. The van der Waals surface area contributed by atoms with Gasteiger partial charge in [-0.05, 0) is 31.9 Å². The van der Waals surface area contributed by atoms with E-state index < -0.39 is 5.82 Å². The largest absolute Gasteiger partial charge is 0.360 e. The molecule has 2 N–H and O–H groups in total. The number of hydrogen-bond acceptors (Lipinski definition) is 4. The number of amides is 1. The molecule has 23 heavy (non-hydrogen) atoms. The fourth-order valence-electron chi connectivity index (χ4n) is 2.87. The molecule has 0 saturated carbocycles. The Morgan fingerprint density at radius 1 is 1.52 bits per heavy atom. The number of likely N-dealkylation sites (tertiary alicyclic amines) is 1. The Balaban J connectivity index is 2.04. The lowest BCUT2D eigenvalue weighted by atomic mass is 10.0. The second kappa shape index (κ2) is 6.29. The number of piperidine rings is 1. The molecule has 3 rings (SSSR count).